The largest absolute Gasteiger partial charge is 0.455 e. The molecule has 0 saturated heterocycles. The maximum Gasteiger partial charge on any atom is 0.143 e. The molecular weight excluding hydrogens is 643 g/mol. The van der Waals surface area contributed by atoms with Crippen LogP contribution in [0, 0.1) is 0 Å². The lowest BCUT2D eigenvalue weighted by Gasteiger charge is -2.26. The van der Waals surface area contributed by atoms with Crippen molar-refractivity contribution in [2.24, 2.45) is 0 Å². The molecule has 1 aliphatic carbocycles. The zero-order chi connectivity index (χ0) is 35.5. The van der Waals surface area contributed by atoms with Crippen molar-refractivity contribution in [3.8, 4) is 44.5 Å². The van der Waals surface area contributed by atoms with Crippen molar-refractivity contribution in [3.63, 3.8) is 0 Å². The molecule has 0 fully saturated rings. The summed E-state index contributed by atoms with van der Waals surface area (Å²) >= 11 is 0. The van der Waals surface area contributed by atoms with Gasteiger partial charge in [-0.1, -0.05) is 147 Å². The maximum atomic E-state index is 6.45. The molecular formula is C51H37NO. The molecule has 0 amide bonds. The number of nitrogens with zero attached hydrogens (tertiary/aromatic N) is 1. The van der Waals surface area contributed by atoms with Gasteiger partial charge < -0.3 is 9.32 Å². The minimum absolute atomic E-state index is 0.0857. The number of hydrogen-bond acceptors (Lipinski definition) is 2. The Bertz CT molecular complexity index is 2810. The van der Waals surface area contributed by atoms with Crippen LogP contribution in [-0.2, 0) is 5.41 Å². The molecule has 0 saturated carbocycles. The van der Waals surface area contributed by atoms with Crippen LogP contribution >= 0.6 is 0 Å². The Morgan fingerprint density at radius 2 is 0.962 bits per heavy atom. The van der Waals surface area contributed by atoms with E-state index in [4.69, 9.17) is 4.42 Å². The van der Waals surface area contributed by atoms with Gasteiger partial charge in [0.1, 0.15) is 11.2 Å². The van der Waals surface area contributed by atoms with Crippen molar-refractivity contribution in [2.45, 2.75) is 19.3 Å². The Labute approximate surface area is 310 Å². The first kappa shape index (κ1) is 31.1. The van der Waals surface area contributed by atoms with E-state index < -0.39 is 0 Å². The van der Waals surface area contributed by atoms with Crippen molar-refractivity contribution in [1.29, 1.82) is 0 Å². The summed E-state index contributed by atoms with van der Waals surface area (Å²) < 4.78 is 6.45. The highest BCUT2D eigenvalue weighted by molar-refractivity contribution is 6.09. The molecule has 0 aliphatic heterocycles. The Balaban J connectivity index is 1.06. The Hall–Kier alpha value is -6.64. The third-order valence-electron chi connectivity index (χ3n) is 11.1. The van der Waals surface area contributed by atoms with Gasteiger partial charge in [-0.3, -0.25) is 0 Å². The van der Waals surface area contributed by atoms with Gasteiger partial charge >= 0.3 is 0 Å². The summed E-state index contributed by atoms with van der Waals surface area (Å²) in [5.41, 5.74) is 17.5. The van der Waals surface area contributed by atoms with E-state index in [1.54, 1.807) is 0 Å². The second-order valence-electron chi connectivity index (χ2n) is 14.6. The summed E-state index contributed by atoms with van der Waals surface area (Å²) in [5, 5.41) is 2.27. The van der Waals surface area contributed by atoms with Crippen LogP contribution in [0.2, 0.25) is 0 Å². The molecule has 0 spiro atoms. The van der Waals surface area contributed by atoms with Crippen molar-refractivity contribution in [3.05, 3.63) is 199 Å². The van der Waals surface area contributed by atoms with E-state index in [2.05, 4.69) is 195 Å². The van der Waals surface area contributed by atoms with Crippen molar-refractivity contribution in [2.75, 3.05) is 4.90 Å². The van der Waals surface area contributed by atoms with Gasteiger partial charge in [-0.15, -0.1) is 0 Å². The molecule has 9 aromatic rings. The molecule has 1 aliphatic rings. The molecule has 2 nitrogen and oxygen atoms in total. The van der Waals surface area contributed by atoms with Crippen molar-refractivity contribution in [1.82, 2.24) is 0 Å². The highest BCUT2D eigenvalue weighted by atomic mass is 16.3. The summed E-state index contributed by atoms with van der Waals surface area (Å²) in [5.74, 6) is 0. The number of furan rings is 1. The first-order chi connectivity index (χ1) is 26.0. The molecule has 0 N–H and O–H groups in total. The normalized spacial score (nSPS) is 12.9. The summed E-state index contributed by atoms with van der Waals surface area (Å²) in [6.45, 7) is 4.71. The maximum absolute atomic E-state index is 6.45. The number of benzene rings is 8. The Morgan fingerprint density at radius 1 is 0.377 bits per heavy atom. The molecule has 1 aromatic heterocycles. The molecule has 252 valence electrons. The van der Waals surface area contributed by atoms with E-state index in [1.807, 2.05) is 12.1 Å². The third-order valence-corrected chi connectivity index (χ3v) is 11.1. The van der Waals surface area contributed by atoms with Crippen LogP contribution in [-0.4, -0.2) is 0 Å². The highest BCUT2D eigenvalue weighted by Gasteiger charge is 2.35. The third kappa shape index (κ3) is 5.18. The topological polar surface area (TPSA) is 16.4 Å². The van der Waals surface area contributed by atoms with Gasteiger partial charge in [-0.2, -0.15) is 0 Å². The fourth-order valence-electron chi connectivity index (χ4n) is 8.38. The van der Waals surface area contributed by atoms with E-state index in [9.17, 15) is 0 Å². The molecule has 0 unspecified atom stereocenters. The zero-order valence-electron chi connectivity index (χ0n) is 29.8. The lowest BCUT2D eigenvalue weighted by atomic mass is 9.81. The second kappa shape index (κ2) is 12.3. The second-order valence-corrected chi connectivity index (χ2v) is 14.6. The molecule has 8 aromatic carbocycles. The van der Waals surface area contributed by atoms with Gasteiger partial charge in [0.15, 0.2) is 0 Å². The van der Waals surface area contributed by atoms with Gasteiger partial charge in [-0.05, 0) is 105 Å². The summed E-state index contributed by atoms with van der Waals surface area (Å²) in [6, 6.07) is 67.8. The monoisotopic (exact) mass is 679 g/mol. The van der Waals surface area contributed by atoms with Crippen LogP contribution in [0.3, 0.4) is 0 Å². The summed E-state index contributed by atoms with van der Waals surface area (Å²) in [4.78, 5) is 2.35. The van der Waals surface area contributed by atoms with E-state index in [1.165, 1.54) is 44.5 Å². The fraction of sp³-hybridized carbons (Fsp3) is 0.0588. The predicted molar refractivity (Wildman–Crippen MR) is 222 cm³/mol. The lowest BCUT2D eigenvalue weighted by molar-refractivity contribution is 0.660. The SMILES string of the molecule is CC1(C)c2ccc(-c3cccc(N(c4ccccc4)c4cccc(-c5cccc6c5oc5ccccc56)c4)c3)cc2-c2ccc(-c3ccccc3)cc21. The quantitative estimate of drug-likeness (QED) is 0.174. The Morgan fingerprint density at radius 3 is 1.77 bits per heavy atom. The van der Waals surface area contributed by atoms with Crippen LogP contribution in [0.4, 0.5) is 17.1 Å². The molecule has 2 heteroatoms. The smallest absolute Gasteiger partial charge is 0.143 e. The Kier molecular flexibility index (Phi) is 7.19. The molecule has 0 atom stereocenters. The van der Waals surface area contributed by atoms with E-state index in [-0.39, 0.29) is 5.41 Å². The first-order valence-electron chi connectivity index (χ1n) is 18.3. The van der Waals surface area contributed by atoms with Gasteiger partial charge in [0.05, 0.1) is 0 Å². The predicted octanol–water partition coefficient (Wildman–Crippen LogP) is 14.4. The minimum atomic E-state index is -0.0857. The summed E-state index contributed by atoms with van der Waals surface area (Å²) in [6.07, 6.45) is 0. The molecule has 0 bridgehead atoms. The summed E-state index contributed by atoms with van der Waals surface area (Å²) in [7, 11) is 0. The number of anilines is 3. The lowest BCUT2D eigenvalue weighted by Crippen LogP contribution is -2.15. The number of fused-ring (bicyclic) bond motifs is 6. The molecule has 1 heterocycles. The van der Waals surface area contributed by atoms with Gasteiger partial charge in [0, 0.05) is 38.8 Å². The van der Waals surface area contributed by atoms with Gasteiger partial charge in [-0.25, -0.2) is 0 Å². The van der Waals surface area contributed by atoms with Gasteiger partial charge in [0.25, 0.3) is 0 Å². The molecule has 0 radical (unpaired) electrons. The minimum Gasteiger partial charge on any atom is -0.455 e. The van der Waals surface area contributed by atoms with Crippen LogP contribution in [0.25, 0.3) is 66.4 Å². The first-order valence-corrected chi connectivity index (χ1v) is 18.3. The standard InChI is InChI=1S/C51H37NO/c1-51(2)47-29-27-36(32-46(47)43-28-26-37(33-48(43)51)34-14-5-3-6-15-34)35-16-11-20-40(30-35)52(39-18-7-4-8-19-39)41-21-12-17-38(31-41)42-23-13-24-45-44-22-9-10-25-49(44)53-50(42)45/h3-33H,1-2H3. The average molecular weight is 680 g/mol. The fourth-order valence-corrected chi connectivity index (χ4v) is 8.38. The van der Waals surface area contributed by atoms with Crippen molar-refractivity contribution >= 4 is 39.0 Å². The van der Waals surface area contributed by atoms with Crippen LogP contribution < -0.4 is 4.90 Å². The molecule has 53 heavy (non-hydrogen) atoms. The number of rotatable bonds is 6. The van der Waals surface area contributed by atoms with Crippen LogP contribution in [0.15, 0.2) is 192 Å². The van der Waals surface area contributed by atoms with Crippen LogP contribution in [0.5, 0.6) is 0 Å². The van der Waals surface area contributed by atoms with Gasteiger partial charge in [0.2, 0.25) is 0 Å². The molecule has 10 rings (SSSR count). The van der Waals surface area contributed by atoms with E-state index in [0.717, 1.165) is 50.1 Å². The van der Waals surface area contributed by atoms with E-state index in [0.29, 0.717) is 0 Å². The highest BCUT2D eigenvalue weighted by Crippen LogP contribution is 2.51. The number of para-hydroxylation sites is 3. The number of hydrogen-bond donors (Lipinski definition) is 0. The average Bonchev–Trinajstić information content (AvgIpc) is 3.70. The van der Waals surface area contributed by atoms with Crippen LogP contribution in [0.1, 0.15) is 25.0 Å². The van der Waals surface area contributed by atoms with Crippen molar-refractivity contribution < 1.29 is 4.42 Å². The zero-order valence-corrected chi connectivity index (χ0v) is 29.8. The van der Waals surface area contributed by atoms with E-state index >= 15 is 0 Å².